The number of hydrogen-bond donors (Lipinski definition) is 1. The molecule has 0 spiro atoms. The summed E-state index contributed by atoms with van der Waals surface area (Å²) >= 11 is 0. The van der Waals surface area contributed by atoms with Crippen LogP contribution in [0.5, 0.6) is 5.88 Å². The summed E-state index contributed by atoms with van der Waals surface area (Å²) in [7, 11) is 3.74. The molecule has 0 fully saturated rings. The molecule has 0 aliphatic carbocycles. The zero-order valence-electron chi connectivity index (χ0n) is 19.1. The molecular formula is C24H35N3O2. The summed E-state index contributed by atoms with van der Waals surface area (Å²) in [6, 6.07) is 6.42. The minimum atomic E-state index is 0.250. The van der Waals surface area contributed by atoms with Crippen molar-refractivity contribution in [1.29, 1.82) is 0 Å². The lowest BCUT2D eigenvalue weighted by Gasteiger charge is -2.13. The number of hydrogen-bond acceptors (Lipinski definition) is 4. The summed E-state index contributed by atoms with van der Waals surface area (Å²) in [6.45, 7) is 12.8. The first-order valence-corrected chi connectivity index (χ1v) is 10.4. The highest BCUT2D eigenvalue weighted by Crippen LogP contribution is 2.35. The van der Waals surface area contributed by atoms with Gasteiger partial charge in [0.25, 0.3) is 0 Å². The normalized spacial score (nSPS) is 12.1. The molecule has 0 amide bonds. The maximum absolute atomic E-state index is 7.57. The van der Waals surface area contributed by atoms with Gasteiger partial charge in [0.15, 0.2) is 0 Å². The van der Waals surface area contributed by atoms with Crippen LogP contribution in [-0.4, -0.2) is 33.4 Å². The molecule has 0 aliphatic rings. The topological polar surface area (TPSA) is 60.2 Å². The standard InChI is InChI=1S/C22H29N3O.C2H6O/c1-8-14(4)18-12-25(6)21-17(18)11-15(5)20(24-21)16-9-10-19(13(2)3)23-22(16)26-7;1-2-3/h9-14H,8H2,1-7H3;3H,2H2,1H3/t14-;/m0./s1. The maximum atomic E-state index is 7.57. The van der Waals surface area contributed by atoms with Crippen LogP contribution in [0.1, 0.15) is 69.7 Å². The Labute approximate surface area is 174 Å². The second kappa shape index (κ2) is 9.88. The van der Waals surface area contributed by atoms with E-state index < -0.39 is 0 Å². The van der Waals surface area contributed by atoms with Crippen molar-refractivity contribution < 1.29 is 9.84 Å². The van der Waals surface area contributed by atoms with Crippen LogP contribution >= 0.6 is 0 Å². The average molecular weight is 398 g/mol. The van der Waals surface area contributed by atoms with Crippen LogP contribution in [0.4, 0.5) is 0 Å². The van der Waals surface area contributed by atoms with E-state index in [0.717, 1.165) is 34.6 Å². The van der Waals surface area contributed by atoms with E-state index in [1.807, 2.05) is 0 Å². The van der Waals surface area contributed by atoms with Crippen molar-refractivity contribution in [3.05, 3.63) is 41.2 Å². The first-order valence-electron chi connectivity index (χ1n) is 10.4. The van der Waals surface area contributed by atoms with Gasteiger partial charge < -0.3 is 14.4 Å². The third-order valence-corrected chi connectivity index (χ3v) is 5.24. The first-order chi connectivity index (χ1) is 13.8. The predicted octanol–water partition coefficient (Wildman–Crippen LogP) is 5.59. The van der Waals surface area contributed by atoms with Gasteiger partial charge in [0.2, 0.25) is 5.88 Å². The molecule has 0 saturated heterocycles. The Morgan fingerprint density at radius 3 is 2.34 bits per heavy atom. The van der Waals surface area contributed by atoms with Gasteiger partial charge in [0, 0.05) is 30.9 Å². The summed E-state index contributed by atoms with van der Waals surface area (Å²) in [5, 5.41) is 8.81. The molecule has 3 rings (SSSR count). The van der Waals surface area contributed by atoms with Crippen molar-refractivity contribution >= 4 is 11.0 Å². The number of ether oxygens (including phenoxy) is 1. The number of nitrogens with zero attached hydrogens (tertiary/aromatic N) is 3. The van der Waals surface area contributed by atoms with Crippen LogP contribution in [0, 0.1) is 6.92 Å². The first kappa shape index (κ1) is 22.9. The Balaban J connectivity index is 0.000000941. The smallest absolute Gasteiger partial charge is 0.222 e. The lowest BCUT2D eigenvalue weighted by molar-refractivity contribution is 0.318. The number of aromatic nitrogens is 3. The Bertz CT molecular complexity index is 960. The Hall–Kier alpha value is -2.40. The molecule has 0 aromatic carbocycles. The summed E-state index contributed by atoms with van der Waals surface area (Å²) < 4.78 is 7.72. The third kappa shape index (κ3) is 4.78. The minimum absolute atomic E-state index is 0.250. The zero-order valence-corrected chi connectivity index (χ0v) is 19.1. The fourth-order valence-corrected chi connectivity index (χ4v) is 3.42. The van der Waals surface area contributed by atoms with Gasteiger partial charge in [-0.1, -0.05) is 27.7 Å². The largest absolute Gasteiger partial charge is 0.480 e. The SMILES string of the molecule is CCO.CC[C@H](C)c1cn(C)c2nc(-c3ccc(C(C)C)nc3OC)c(C)cc12. The van der Waals surface area contributed by atoms with Gasteiger partial charge in [-0.25, -0.2) is 9.97 Å². The molecule has 0 saturated carbocycles. The molecule has 0 bridgehead atoms. The number of rotatable bonds is 5. The molecule has 3 heterocycles. The van der Waals surface area contributed by atoms with E-state index in [4.69, 9.17) is 14.8 Å². The van der Waals surface area contributed by atoms with Gasteiger partial charge in [-0.15, -0.1) is 0 Å². The molecule has 5 heteroatoms. The van der Waals surface area contributed by atoms with E-state index in [9.17, 15) is 0 Å². The summed E-state index contributed by atoms with van der Waals surface area (Å²) in [4.78, 5) is 9.70. The number of methoxy groups -OCH3 is 1. The van der Waals surface area contributed by atoms with Crippen molar-refractivity contribution in [1.82, 2.24) is 14.5 Å². The molecule has 5 nitrogen and oxygen atoms in total. The van der Waals surface area contributed by atoms with Crippen molar-refractivity contribution in [2.75, 3.05) is 13.7 Å². The number of aliphatic hydroxyl groups is 1. The molecule has 1 atom stereocenters. The van der Waals surface area contributed by atoms with Gasteiger partial charge in [-0.05, 0) is 61.4 Å². The molecule has 3 aromatic rings. The molecule has 1 N–H and O–H groups in total. The molecule has 3 aromatic heterocycles. The summed E-state index contributed by atoms with van der Waals surface area (Å²) in [5.74, 6) is 1.52. The minimum Gasteiger partial charge on any atom is -0.480 e. The van der Waals surface area contributed by atoms with Crippen LogP contribution in [0.2, 0.25) is 0 Å². The third-order valence-electron chi connectivity index (χ3n) is 5.24. The quantitative estimate of drug-likeness (QED) is 0.610. The summed E-state index contributed by atoms with van der Waals surface area (Å²) in [5.41, 5.74) is 6.44. The second-order valence-corrected chi connectivity index (χ2v) is 7.79. The van der Waals surface area contributed by atoms with E-state index in [0.29, 0.717) is 17.7 Å². The van der Waals surface area contributed by atoms with Crippen LogP contribution < -0.4 is 4.74 Å². The number of fused-ring (bicyclic) bond motifs is 1. The highest BCUT2D eigenvalue weighted by Gasteiger charge is 2.18. The molecule has 29 heavy (non-hydrogen) atoms. The monoisotopic (exact) mass is 397 g/mol. The van der Waals surface area contributed by atoms with Crippen LogP contribution in [0.15, 0.2) is 24.4 Å². The fourth-order valence-electron chi connectivity index (χ4n) is 3.42. The average Bonchev–Trinajstić information content (AvgIpc) is 3.02. The van der Waals surface area contributed by atoms with Gasteiger partial charge >= 0.3 is 0 Å². The number of aryl methyl sites for hydroxylation is 2. The predicted molar refractivity (Wildman–Crippen MR) is 121 cm³/mol. The lowest BCUT2D eigenvalue weighted by Crippen LogP contribution is -2.00. The van der Waals surface area contributed by atoms with Gasteiger partial charge in [0.05, 0.1) is 18.4 Å². The van der Waals surface area contributed by atoms with E-state index in [1.165, 1.54) is 10.9 Å². The van der Waals surface area contributed by atoms with E-state index in [1.54, 1.807) is 14.0 Å². The molecule has 0 radical (unpaired) electrons. The lowest BCUT2D eigenvalue weighted by atomic mass is 9.97. The van der Waals surface area contributed by atoms with Crippen LogP contribution in [0.3, 0.4) is 0 Å². The number of pyridine rings is 2. The highest BCUT2D eigenvalue weighted by atomic mass is 16.5. The van der Waals surface area contributed by atoms with Crippen LogP contribution in [-0.2, 0) is 7.05 Å². The van der Waals surface area contributed by atoms with Crippen molar-refractivity contribution in [2.24, 2.45) is 7.05 Å². The summed E-state index contributed by atoms with van der Waals surface area (Å²) in [6.07, 6.45) is 3.33. The van der Waals surface area contributed by atoms with Crippen LogP contribution in [0.25, 0.3) is 22.3 Å². The van der Waals surface area contributed by atoms with Crippen molar-refractivity contribution in [3.8, 4) is 17.1 Å². The Morgan fingerprint density at radius 1 is 1.14 bits per heavy atom. The Morgan fingerprint density at radius 2 is 1.79 bits per heavy atom. The van der Waals surface area contributed by atoms with E-state index in [2.05, 4.69) is 75.6 Å². The van der Waals surface area contributed by atoms with Crippen molar-refractivity contribution in [3.63, 3.8) is 0 Å². The molecule has 0 aliphatic heterocycles. The Kier molecular flexibility index (Phi) is 7.80. The van der Waals surface area contributed by atoms with Gasteiger partial charge in [-0.2, -0.15) is 0 Å². The second-order valence-electron chi connectivity index (χ2n) is 7.79. The van der Waals surface area contributed by atoms with E-state index in [-0.39, 0.29) is 6.61 Å². The zero-order chi connectivity index (χ0) is 21.7. The van der Waals surface area contributed by atoms with Gasteiger partial charge in [0.1, 0.15) is 5.65 Å². The highest BCUT2D eigenvalue weighted by molar-refractivity contribution is 5.86. The molecule has 158 valence electrons. The molecule has 0 unspecified atom stereocenters. The van der Waals surface area contributed by atoms with Gasteiger partial charge in [-0.3, -0.25) is 0 Å². The van der Waals surface area contributed by atoms with Crippen molar-refractivity contribution in [2.45, 2.75) is 59.8 Å². The number of aliphatic hydroxyl groups excluding tert-OH is 1. The fraction of sp³-hybridized carbons (Fsp3) is 0.500. The van der Waals surface area contributed by atoms with E-state index >= 15 is 0 Å². The maximum Gasteiger partial charge on any atom is 0.222 e. The molecular weight excluding hydrogens is 362 g/mol.